The van der Waals surface area contributed by atoms with Crippen molar-refractivity contribution in [2.45, 2.75) is 25.9 Å². The molecule has 2 aromatic carbocycles. The fraction of sp³-hybridized carbons (Fsp3) is 0.250. The maximum absolute atomic E-state index is 9.53. The highest BCUT2D eigenvalue weighted by atomic mass is 35.5. The Kier molecular flexibility index (Phi) is 4.53. The topological polar surface area (TPSA) is 52.5 Å². The number of benzene rings is 2. The number of hydrogen-bond donors (Lipinski definition) is 3. The zero-order valence-corrected chi connectivity index (χ0v) is 12.2. The van der Waals surface area contributed by atoms with Crippen LogP contribution >= 0.6 is 11.6 Å². The van der Waals surface area contributed by atoms with E-state index in [0.717, 1.165) is 16.1 Å². The van der Waals surface area contributed by atoms with Gasteiger partial charge in [0, 0.05) is 23.2 Å². The molecule has 2 rings (SSSR count). The molecule has 1 unspecified atom stereocenters. The van der Waals surface area contributed by atoms with E-state index in [1.54, 1.807) is 12.1 Å². The standard InChI is InChI=1S/C16H18ClNO2/c1-10(12-7-13(19)9-14(20)8-12)18-11(2)15-5-3-4-6-16(15)17/h3-11,18-20H,1-2H3/t10?,11-/m0/s1. The van der Waals surface area contributed by atoms with Crippen molar-refractivity contribution in [1.82, 2.24) is 5.32 Å². The molecule has 0 saturated carbocycles. The highest BCUT2D eigenvalue weighted by Crippen LogP contribution is 2.28. The molecule has 0 aliphatic carbocycles. The summed E-state index contributed by atoms with van der Waals surface area (Å²) >= 11 is 6.18. The lowest BCUT2D eigenvalue weighted by Crippen LogP contribution is -2.22. The van der Waals surface area contributed by atoms with E-state index in [4.69, 9.17) is 11.6 Å². The predicted octanol–water partition coefficient (Wildman–Crippen LogP) is 4.16. The van der Waals surface area contributed by atoms with Crippen LogP contribution < -0.4 is 5.32 Å². The van der Waals surface area contributed by atoms with E-state index in [2.05, 4.69) is 5.32 Å². The second-order valence-corrected chi connectivity index (χ2v) is 5.32. The van der Waals surface area contributed by atoms with E-state index in [9.17, 15) is 10.2 Å². The van der Waals surface area contributed by atoms with Gasteiger partial charge in [-0.1, -0.05) is 29.8 Å². The predicted molar refractivity (Wildman–Crippen MR) is 81.2 cm³/mol. The second kappa shape index (κ2) is 6.16. The monoisotopic (exact) mass is 291 g/mol. The number of phenols is 2. The van der Waals surface area contributed by atoms with Gasteiger partial charge >= 0.3 is 0 Å². The minimum absolute atomic E-state index is 0.0285. The molecule has 20 heavy (non-hydrogen) atoms. The molecular weight excluding hydrogens is 274 g/mol. The van der Waals surface area contributed by atoms with Gasteiger partial charge in [-0.25, -0.2) is 0 Å². The van der Waals surface area contributed by atoms with Gasteiger partial charge in [-0.3, -0.25) is 0 Å². The van der Waals surface area contributed by atoms with E-state index in [-0.39, 0.29) is 23.6 Å². The summed E-state index contributed by atoms with van der Waals surface area (Å²) in [6, 6.07) is 12.3. The Morgan fingerprint density at radius 1 is 0.950 bits per heavy atom. The molecule has 3 nitrogen and oxygen atoms in total. The number of phenolic OH excluding ortho intramolecular Hbond substituents is 2. The third-order valence-electron chi connectivity index (χ3n) is 3.30. The lowest BCUT2D eigenvalue weighted by atomic mass is 10.0. The molecule has 4 heteroatoms. The van der Waals surface area contributed by atoms with E-state index >= 15 is 0 Å². The Balaban J connectivity index is 2.15. The zero-order chi connectivity index (χ0) is 14.7. The van der Waals surface area contributed by atoms with E-state index in [0.29, 0.717) is 0 Å². The summed E-state index contributed by atoms with van der Waals surface area (Å²) in [4.78, 5) is 0. The first-order chi connectivity index (χ1) is 9.47. The van der Waals surface area contributed by atoms with Crippen molar-refractivity contribution < 1.29 is 10.2 Å². The Bertz CT molecular complexity index is 581. The molecule has 0 spiro atoms. The van der Waals surface area contributed by atoms with Crippen LogP contribution in [0.2, 0.25) is 5.02 Å². The number of hydrogen-bond acceptors (Lipinski definition) is 3. The molecule has 0 bridgehead atoms. The van der Waals surface area contributed by atoms with Gasteiger partial charge in [0.15, 0.2) is 0 Å². The van der Waals surface area contributed by atoms with Crippen molar-refractivity contribution in [3.63, 3.8) is 0 Å². The van der Waals surface area contributed by atoms with Crippen molar-refractivity contribution in [3.8, 4) is 11.5 Å². The fourth-order valence-electron chi connectivity index (χ4n) is 2.26. The Morgan fingerprint density at radius 2 is 1.55 bits per heavy atom. The number of rotatable bonds is 4. The van der Waals surface area contributed by atoms with Gasteiger partial charge in [-0.15, -0.1) is 0 Å². The SMILES string of the molecule is CC(N[C@@H](C)c1ccccc1Cl)c1cc(O)cc(O)c1. The maximum atomic E-state index is 9.53. The van der Waals surface area contributed by atoms with Crippen LogP contribution in [0.25, 0.3) is 0 Å². The summed E-state index contributed by atoms with van der Waals surface area (Å²) in [7, 11) is 0. The van der Waals surface area contributed by atoms with E-state index in [1.165, 1.54) is 6.07 Å². The van der Waals surface area contributed by atoms with Crippen LogP contribution in [-0.4, -0.2) is 10.2 Å². The smallest absolute Gasteiger partial charge is 0.119 e. The molecule has 2 aromatic rings. The van der Waals surface area contributed by atoms with Crippen molar-refractivity contribution >= 4 is 11.6 Å². The van der Waals surface area contributed by atoms with Crippen LogP contribution in [0.3, 0.4) is 0 Å². The first-order valence-electron chi connectivity index (χ1n) is 6.50. The molecule has 0 saturated heterocycles. The minimum atomic E-state index is -0.0285. The summed E-state index contributed by atoms with van der Waals surface area (Å²) in [6.07, 6.45) is 0. The van der Waals surface area contributed by atoms with Crippen LogP contribution in [0.1, 0.15) is 37.1 Å². The molecular formula is C16H18ClNO2. The second-order valence-electron chi connectivity index (χ2n) is 4.91. The molecule has 2 atom stereocenters. The van der Waals surface area contributed by atoms with Crippen molar-refractivity contribution in [1.29, 1.82) is 0 Å². The Hall–Kier alpha value is -1.71. The van der Waals surface area contributed by atoms with E-state index < -0.39 is 0 Å². The summed E-state index contributed by atoms with van der Waals surface area (Å²) in [5.74, 6) is 0.109. The zero-order valence-electron chi connectivity index (χ0n) is 11.5. The molecule has 0 heterocycles. The lowest BCUT2D eigenvalue weighted by molar-refractivity contribution is 0.442. The van der Waals surface area contributed by atoms with Crippen molar-refractivity contribution in [3.05, 3.63) is 58.6 Å². The highest BCUT2D eigenvalue weighted by Gasteiger charge is 2.14. The Labute approximate surface area is 123 Å². The third kappa shape index (κ3) is 3.44. The molecule has 0 aromatic heterocycles. The molecule has 0 fully saturated rings. The van der Waals surface area contributed by atoms with Crippen molar-refractivity contribution in [2.24, 2.45) is 0 Å². The fourth-order valence-corrected chi connectivity index (χ4v) is 2.55. The Morgan fingerprint density at radius 3 is 2.15 bits per heavy atom. The summed E-state index contributed by atoms with van der Waals surface area (Å²) in [5.41, 5.74) is 1.84. The van der Waals surface area contributed by atoms with E-state index in [1.807, 2.05) is 38.1 Å². The van der Waals surface area contributed by atoms with Crippen LogP contribution in [0.5, 0.6) is 11.5 Å². The molecule has 0 aliphatic rings. The first kappa shape index (κ1) is 14.7. The first-order valence-corrected chi connectivity index (χ1v) is 6.88. The molecule has 0 radical (unpaired) electrons. The van der Waals surface area contributed by atoms with Crippen molar-refractivity contribution in [2.75, 3.05) is 0 Å². The minimum Gasteiger partial charge on any atom is -0.508 e. The molecule has 0 aliphatic heterocycles. The van der Waals surface area contributed by atoms with Gasteiger partial charge in [-0.05, 0) is 43.2 Å². The van der Waals surface area contributed by atoms with Gasteiger partial charge in [0.2, 0.25) is 0 Å². The third-order valence-corrected chi connectivity index (χ3v) is 3.64. The number of aromatic hydroxyl groups is 2. The van der Waals surface area contributed by atoms with Gasteiger partial charge in [0.25, 0.3) is 0 Å². The van der Waals surface area contributed by atoms with Crippen LogP contribution in [0, 0.1) is 0 Å². The number of halogens is 1. The lowest BCUT2D eigenvalue weighted by Gasteiger charge is -2.22. The average Bonchev–Trinajstić information content (AvgIpc) is 2.37. The summed E-state index contributed by atoms with van der Waals surface area (Å²) in [5, 5.41) is 23.2. The van der Waals surface area contributed by atoms with Gasteiger partial charge in [0.05, 0.1) is 0 Å². The normalized spacial score (nSPS) is 13.9. The average molecular weight is 292 g/mol. The highest BCUT2D eigenvalue weighted by molar-refractivity contribution is 6.31. The molecule has 3 N–H and O–H groups in total. The summed E-state index contributed by atoms with van der Waals surface area (Å²) < 4.78 is 0. The molecule has 0 amide bonds. The maximum Gasteiger partial charge on any atom is 0.119 e. The quantitative estimate of drug-likeness (QED) is 0.793. The van der Waals surface area contributed by atoms with Gasteiger partial charge < -0.3 is 15.5 Å². The van der Waals surface area contributed by atoms with Crippen LogP contribution in [0.15, 0.2) is 42.5 Å². The molecule has 106 valence electrons. The van der Waals surface area contributed by atoms with Crippen LogP contribution in [-0.2, 0) is 0 Å². The number of nitrogens with one attached hydrogen (secondary N) is 1. The largest absolute Gasteiger partial charge is 0.508 e. The summed E-state index contributed by atoms with van der Waals surface area (Å²) in [6.45, 7) is 4.00. The van der Waals surface area contributed by atoms with Gasteiger partial charge in [0.1, 0.15) is 11.5 Å². The van der Waals surface area contributed by atoms with Gasteiger partial charge in [-0.2, -0.15) is 0 Å². The van der Waals surface area contributed by atoms with Crippen LogP contribution in [0.4, 0.5) is 0 Å².